The first-order chi connectivity index (χ1) is 15.9. The molecule has 0 aliphatic rings. The lowest BCUT2D eigenvalue weighted by molar-refractivity contribution is -0.140. The Morgan fingerprint density at radius 2 is 1.58 bits per heavy atom. The van der Waals surface area contributed by atoms with E-state index in [4.69, 9.17) is 34.8 Å². The van der Waals surface area contributed by atoms with Gasteiger partial charge in [-0.05, 0) is 47.9 Å². The van der Waals surface area contributed by atoms with Crippen LogP contribution in [0.15, 0.2) is 72.8 Å². The van der Waals surface area contributed by atoms with Gasteiger partial charge in [-0.2, -0.15) is 0 Å². The molecule has 3 aromatic rings. The van der Waals surface area contributed by atoms with E-state index in [1.807, 2.05) is 43.3 Å². The summed E-state index contributed by atoms with van der Waals surface area (Å²) in [5, 5.41) is 4.38. The van der Waals surface area contributed by atoms with Gasteiger partial charge in [0.1, 0.15) is 6.04 Å². The molecular formula is C26H25Cl3N2O2. The summed E-state index contributed by atoms with van der Waals surface area (Å²) in [7, 11) is 0. The number of rotatable bonds is 9. The molecule has 1 atom stereocenters. The quantitative estimate of drug-likeness (QED) is 0.391. The predicted molar refractivity (Wildman–Crippen MR) is 135 cm³/mol. The van der Waals surface area contributed by atoms with E-state index < -0.39 is 6.04 Å². The monoisotopic (exact) mass is 502 g/mol. The summed E-state index contributed by atoms with van der Waals surface area (Å²) in [6.45, 7) is 2.48. The number of hydrogen-bond donors (Lipinski definition) is 1. The Bertz CT molecular complexity index is 1110. The Labute approximate surface area is 209 Å². The van der Waals surface area contributed by atoms with Crippen molar-refractivity contribution in [2.45, 2.75) is 32.4 Å². The van der Waals surface area contributed by atoms with Crippen molar-refractivity contribution >= 4 is 46.6 Å². The van der Waals surface area contributed by atoms with Gasteiger partial charge in [-0.15, -0.1) is 0 Å². The van der Waals surface area contributed by atoms with Crippen molar-refractivity contribution in [1.29, 1.82) is 0 Å². The van der Waals surface area contributed by atoms with E-state index in [1.165, 1.54) is 0 Å². The lowest BCUT2D eigenvalue weighted by atomic mass is 10.0. The molecule has 0 saturated heterocycles. The maximum atomic E-state index is 13.6. The van der Waals surface area contributed by atoms with E-state index in [0.717, 1.165) is 11.1 Å². The van der Waals surface area contributed by atoms with Gasteiger partial charge in [0.15, 0.2) is 0 Å². The number of carbonyl (C=O) groups is 2. The van der Waals surface area contributed by atoms with Crippen molar-refractivity contribution < 1.29 is 9.59 Å². The normalized spacial score (nSPS) is 11.6. The van der Waals surface area contributed by atoms with Gasteiger partial charge in [0.05, 0.1) is 6.42 Å². The number of amides is 2. The van der Waals surface area contributed by atoms with Gasteiger partial charge < -0.3 is 10.2 Å². The minimum Gasteiger partial charge on any atom is -0.355 e. The van der Waals surface area contributed by atoms with Crippen molar-refractivity contribution in [1.82, 2.24) is 10.2 Å². The van der Waals surface area contributed by atoms with Crippen LogP contribution in [0.4, 0.5) is 0 Å². The smallest absolute Gasteiger partial charge is 0.243 e. The third kappa shape index (κ3) is 7.23. The summed E-state index contributed by atoms with van der Waals surface area (Å²) in [4.78, 5) is 28.3. The van der Waals surface area contributed by atoms with Crippen molar-refractivity contribution in [2.75, 3.05) is 6.54 Å². The van der Waals surface area contributed by atoms with Crippen LogP contribution in [0, 0.1) is 0 Å². The average molecular weight is 504 g/mol. The average Bonchev–Trinajstić information content (AvgIpc) is 2.78. The topological polar surface area (TPSA) is 49.4 Å². The second kappa shape index (κ2) is 12.1. The van der Waals surface area contributed by atoms with Crippen molar-refractivity contribution in [2.24, 2.45) is 0 Å². The molecule has 172 valence electrons. The zero-order valence-corrected chi connectivity index (χ0v) is 20.5. The third-order valence-corrected chi connectivity index (χ3v) is 6.04. The van der Waals surface area contributed by atoms with Gasteiger partial charge in [0.25, 0.3) is 0 Å². The Morgan fingerprint density at radius 1 is 0.879 bits per heavy atom. The van der Waals surface area contributed by atoms with Crippen LogP contribution in [-0.2, 0) is 29.0 Å². The van der Waals surface area contributed by atoms with Crippen molar-refractivity contribution in [3.05, 3.63) is 105 Å². The fourth-order valence-corrected chi connectivity index (χ4v) is 4.28. The number of hydrogen-bond acceptors (Lipinski definition) is 2. The number of carbonyl (C=O) groups excluding carboxylic acids is 2. The fourth-order valence-electron chi connectivity index (χ4n) is 3.60. The molecule has 0 bridgehead atoms. The molecule has 0 unspecified atom stereocenters. The van der Waals surface area contributed by atoms with Gasteiger partial charge in [0, 0.05) is 34.6 Å². The zero-order chi connectivity index (χ0) is 23.8. The highest BCUT2D eigenvalue weighted by molar-refractivity contribution is 6.35. The van der Waals surface area contributed by atoms with Crippen LogP contribution in [-0.4, -0.2) is 29.3 Å². The summed E-state index contributed by atoms with van der Waals surface area (Å²) >= 11 is 18.6. The van der Waals surface area contributed by atoms with Crippen LogP contribution in [0.3, 0.4) is 0 Å². The van der Waals surface area contributed by atoms with Crippen LogP contribution in [0.5, 0.6) is 0 Å². The van der Waals surface area contributed by atoms with Gasteiger partial charge in [-0.1, -0.05) is 83.3 Å². The van der Waals surface area contributed by atoms with Crippen LogP contribution < -0.4 is 5.32 Å². The Hall–Kier alpha value is -2.53. The Morgan fingerprint density at radius 3 is 2.24 bits per heavy atom. The van der Waals surface area contributed by atoms with Crippen LogP contribution in [0.2, 0.25) is 15.1 Å². The summed E-state index contributed by atoms with van der Waals surface area (Å²) in [6, 6.07) is 21.2. The first-order valence-corrected chi connectivity index (χ1v) is 11.8. The van der Waals surface area contributed by atoms with Crippen LogP contribution in [0.25, 0.3) is 0 Å². The van der Waals surface area contributed by atoms with E-state index in [0.29, 0.717) is 33.6 Å². The maximum Gasteiger partial charge on any atom is 0.243 e. The van der Waals surface area contributed by atoms with Crippen molar-refractivity contribution in [3.8, 4) is 0 Å². The highest BCUT2D eigenvalue weighted by Crippen LogP contribution is 2.25. The molecule has 0 spiro atoms. The van der Waals surface area contributed by atoms with Gasteiger partial charge in [-0.3, -0.25) is 9.59 Å². The van der Waals surface area contributed by atoms with Gasteiger partial charge in [-0.25, -0.2) is 0 Å². The van der Waals surface area contributed by atoms with Crippen LogP contribution in [0.1, 0.15) is 23.6 Å². The lowest BCUT2D eigenvalue weighted by Crippen LogP contribution is -2.51. The molecule has 4 nitrogen and oxygen atoms in total. The van der Waals surface area contributed by atoms with Gasteiger partial charge in [0.2, 0.25) is 11.8 Å². The van der Waals surface area contributed by atoms with E-state index >= 15 is 0 Å². The molecule has 0 aliphatic heterocycles. The number of halogens is 3. The number of nitrogens with one attached hydrogen (secondary N) is 1. The zero-order valence-electron chi connectivity index (χ0n) is 18.2. The molecule has 3 aromatic carbocycles. The standard InChI is InChI=1S/C26H25Cl3N2O2/c1-2-30-26(33)24(14-18-7-4-3-5-8-18)31(17-20-11-12-22(28)16-23(20)29)25(32)15-19-9-6-10-21(27)13-19/h3-13,16,24H,2,14-15,17H2,1H3,(H,30,33)/t24-/m0/s1. The molecule has 0 aliphatic carbocycles. The van der Waals surface area contributed by atoms with E-state index in [1.54, 1.807) is 41.3 Å². The first-order valence-electron chi connectivity index (χ1n) is 10.7. The molecule has 3 rings (SSSR count). The summed E-state index contributed by atoms with van der Waals surface area (Å²) in [5.74, 6) is -0.415. The molecule has 33 heavy (non-hydrogen) atoms. The van der Waals surface area contributed by atoms with E-state index in [-0.39, 0.29) is 24.8 Å². The number of benzene rings is 3. The second-order valence-corrected chi connectivity index (χ2v) is 8.94. The molecule has 0 heterocycles. The molecule has 2 amide bonds. The minimum absolute atomic E-state index is 0.108. The number of likely N-dealkylation sites (N-methyl/N-ethyl adjacent to an activating group) is 1. The molecule has 0 radical (unpaired) electrons. The van der Waals surface area contributed by atoms with E-state index in [2.05, 4.69) is 5.32 Å². The number of nitrogens with zero attached hydrogens (tertiary/aromatic N) is 1. The Balaban J connectivity index is 1.98. The van der Waals surface area contributed by atoms with Gasteiger partial charge >= 0.3 is 0 Å². The van der Waals surface area contributed by atoms with E-state index in [9.17, 15) is 9.59 Å². The second-order valence-electron chi connectivity index (χ2n) is 7.66. The molecule has 0 saturated carbocycles. The summed E-state index contributed by atoms with van der Waals surface area (Å²) in [6.07, 6.45) is 0.482. The highest BCUT2D eigenvalue weighted by atomic mass is 35.5. The molecule has 0 aromatic heterocycles. The fraction of sp³-hybridized carbons (Fsp3) is 0.231. The molecule has 1 N–H and O–H groups in total. The van der Waals surface area contributed by atoms with Crippen LogP contribution >= 0.6 is 34.8 Å². The predicted octanol–water partition coefficient (Wildman–Crippen LogP) is 5.97. The molecular weight excluding hydrogens is 479 g/mol. The molecule has 0 fully saturated rings. The highest BCUT2D eigenvalue weighted by Gasteiger charge is 2.30. The summed E-state index contributed by atoms with van der Waals surface area (Å²) in [5.41, 5.74) is 2.44. The first kappa shape index (κ1) is 25.1. The maximum absolute atomic E-state index is 13.6. The summed E-state index contributed by atoms with van der Waals surface area (Å²) < 4.78 is 0. The van der Waals surface area contributed by atoms with Crippen molar-refractivity contribution in [3.63, 3.8) is 0 Å². The Kier molecular flexibility index (Phi) is 9.19. The SMILES string of the molecule is CCNC(=O)[C@H](Cc1ccccc1)N(Cc1ccc(Cl)cc1Cl)C(=O)Cc1cccc(Cl)c1. The molecule has 7 heteroatoms. The largest absolute Gasteiger partial charge is 0.355 e. The third-order valence-electron chi connectivity index (χ3n) is 5.22. The lowest BCUT2D eigenvalue weighted by Gasteiger charge is -2.32. The minimum atomic E-state index is -0.717.